The quantitative estimate of drug-likeness (QED) is 0.823. The molecule has 1 fully saturated rings. The van der Waals surface area contributed by atoms with Gasteiger partial charge < -0.3 is 9.63 Å². The molecule has 0 aromatic carbocycles. The molecule has 1 aromatic rings. The summed E-state index contributed by atoms with van der Waals surface area (Å²) in [5.74, 6) is -0.0361. The van der Waals surface area contributed by atoms with Crippen molar-refractivity contribution in [3.05, 3.63) is 11.7 Å². The van der Waals surface area contributed by atoms with E-state index >= 15 is 0 Å². The van der Waals surface area contributed by atoms with Crippen LogP contribution in [0.15, 0.2) is 4.52 Å². The molecule has 0 radical (unpaired) electrons. The smallest absolute Gasteiger partial charge is 0.304 e. The van der Waals surface area contributed by atoms with Gasteiger partial charge in [-0.15, -0.1) is 0 Å². The van der Waals surface area contributed by atoms with Crippen LogP contribution in [0.2, 0.25) is 0 Å². The second-order valence-corrected chi connectivity index (χ2v) is 7.77. The number of carboxylic acid groups (broad SMARTS) is 1. The molecule has 2 heterocycles. The summed E-state index contributed by atoms with van der Waals surface area (Å²) < 4.78 is 28.5. The Kier molecular flexibility index (Phi) is 4.62. The number of rotatable bonds is 5. The Morgan fingerprint density at radius 2 is 2.24 bits per heavy atom. The minimum Gasteiger partial charge on any atom is -0.481 e. The first kappa shape index (κ1) is 15.9. The molecular formula is C12H19N3O5S. The molecule has 0 amide bonds. The van der Waals surface area contributed by atoms with E-state index in [1.54, 1.807) is 4.90 Å². The van der Waals surface area contributed by atoms with E-state index in [2.05, 4.69) is 10.1 Å². The first-order valence-corrected chi connectivity index (χ1v) is 8.57. The SMILES string of the molecule is CC(C)c1noc(CN2CCS(=O)(=O)CC2CC(=O)O)n1. The molecule has 8 nitrogen and oxygen atoms in total. The largest absolute Gasteiger partial charge is 0.481 e. The van der Waals surface area contributed by atoms with Gasteiger partial charge in [-0.3, -0.25) is 9.69 Å². The van der Waals surface area contributed by atoms with E-state index < -0.39 is 21.8 Å². The van der Waals surface area contributed by atoms with Crippen molar-refractivity contribution in [2.24, 2.45) is 0 Å². The molecule has 0 spiro atoms. The van der Waals surface area contributed by atoms with Gasteiger partial charge in [0.2, 0.25) is 5.89 Å². The molecular weight excluding hydrogens is 298 g/mol. The van der Waals surface area contributed by atoms with Gasteiger partial charge in [0.1, 0.15) is 0 Å². The lowest BCUT2D eigenvalue weighted by molar-refractivity contribution is -0.138. The maximum Gasteiger partial charge on any atom is 0.304 e. The van der Waals surface area contributed by atoms with Crippen LogP contribution in [-0.2, 0) is 21.2 Å². The zero-order valence-electron chi connectivity index (χ0n) is 12.0. The number of aromatic nitrogens is 2. The zero-order chi connectivity index (χ0) is 15.6. The van der Waals surface area contributed by atoms with Gasteiger partial charge >= 0.3 is 5.97 Å². The highest BCUT2D eigenvalue weighted by Gasteiger charge is 2.33. The highest BCUT2D eigenvalue weighted by Crippen LogP contribution is 2.18. The molecule has 9 heteroatoms. The minimum absolute atomic E-state index is 0.0221. The highest BCUT2D eigenvalue weighted by atomic mass is 32.2. The molecule has 0 bridgehead atoms. The first-order valence-electron chi connectivity index (χ1n) is 6.75. The van der Waals surface area contributed by atoms with E-state index in [1.165, 1.54) is 0 Å². The van der Waals surface area contributed by atoms with E-state index in [0.29, 0.717) is 11.7 Å². The van der Waals surface area contributed by atoms with Crippen LogP contribution in [0.25, 0.3) is 0 Å². The number of hydrogen-bond donors (Lipinski definition) is 1. The average Bonchev–Trinajstić information content (AvgIpc) is 2.80. The lowest BCUT2D eigenvalue weighted by Gasteiger charge is -2.33. The molecule has 1 saturated heterocycles. The van der Waals surface area contributed by atoms with Gasteiger partial charge in [0.15, 0.2) is 15.7 Å². The van der Waals surface area contributed by atoms with E-state index in [4.69, 9.17) is 9.63 Å². The molecule has 0 saturated carbocycles. The Labute approximate surface area is 123 Å². The van der Waals surface area contributed by atoms with Crippen LogP contribution >= 0.6 is 0 Å². The molecule has 1 atom stereocenters. The Bertz CT molecular complexity index is 610. The maximum absolute atomic E-state index is 11.7. The fourth-order valence-corrected chi connectivity index (χ4v) is 3.85. The number of sulfone groups is 1. The summed E-state index contributed by atoms with van der Waals surface area (Å²) >= 11 is 0. The van der Waals surface area contributed by atoms with Crippen molar-refractivity contribution >= 4 is 15.8 Å². The molecule has 2 rings (SSSR count). The number of carbonyl (C=O) groups is 1. The molecule has 0 aliphatic carbocycles. The van der Waals surface area contributed by atoms with Crippen LogP contribution in [0.1, 0.15) is 37.9 Å². The average molecular weight is 317 g/mol. The van der Waals surface area contributed by atoms with E-state index in [0.717, 1.165) is 0 Å². The Morgan fingerprint density at radius 1 is 1.52 bits per heavy atom. The summed E-state index contributed by atoms with van der Waals surface area (Å²) in [5.41, 5.74) is 0. The van der Waals surface area contributed by atoms with Gasteiger partial charge in [0, 0.05) is 18.5 Å². The predicted octanol–water partition coefficient (Wildman–Crippen LogP) is 0.267. The third-order valence-corrected chi connectivity index (χ3v) is 5.10. The Balaban J connectivity index is 2.10. The number of aliphatic carboxylic acids is 1. The Hall–Kier alpha value is -1.48. The summed E-state index contributed by atoms with van der Waals surface area (Å²) in [4.78, 5) is 16.9. The third-order valence-electron chi connectivity index (χ3n) is 3.40. The lowest BCUT2D eigenvalue weighted by Crippen LogP contribution is -2.48. The van der Waals surface area contributed by atoms with Crippen molar-refractivity contribution in [1.82, 2.24) is 15.0 Å². The normalized spacial score (nSPS) is 22.5. The Morgan fingerprint density at radius 3 is 2.81 bits per heavy atom. The van der Waals surface area contributed by atoms with E-state index in [9.17, 15) is 13.2 Å². The van der Waals surface area contributed by atoms with Crippen LogP contribution in [0.3, 0.4) is 0 Å². The van der Waals surface area contributed by atoms with E-state index in [-0.39, 0.29) is 36.9 Å². The van der Waals surface area contributed by atoms with Crippen molar-refractivity contribution in [2.45, 2.75) is 38.8 Å². The summed E-state index contributed by atoms with van der Waals surface area (Å²) in [5, 5.41) is 12.8. The summed E-state index contributed by atoms with van der Waals surface area (Å²) in [7, 11) is -3.18. The molecule has 21 heavy (non-hydrogen) atoms. The van der Waals surface area contributed by atoms with E-state index in [1.807, 2.05) is 13.8 Å². The molecule has 118 valence electrons. The molecule has 1 N–H and O–H groups in total. The molecule has 1 unspecified atom stereocenters. The molecule has 1 aliphatic rings. The van der Waals surface area contributed by atoms with Gasteiger partial charge in [-0.1, -0.05) is 19.0 Å². The topological polar surface area (TPSA) is 114 Å². The lowest BCUT2D eigenvalue weighted by atomic mass is 10.2. The first-order chi connectivity index (χ1) is 9.77. The fourth-order valence-electron chi connectivity index (χ4n) is 2.26. The van der Waals surface area contributed by atoms with Crippen LogP contribution in [0.5, 0.6) is 0 Å². The standard InChI is InChI=1S/C12H19N3O5S/c1-8(2)12-13-10(20-14-12)6-15-3-4-21(18,19)7-9(15)5-11(16)17/h8-9H,3-7H2,1-2H3,(H,16,17). The maximum atomic E-state index is 11.7. The minimum atomic E-state index is -3.18. The van der Waals surface area contributed by atoms with Gasteiger partial charge in [-0.05, 0) is 0 Å². The van der Waals surface area contributed by atoms with Crippen molar-refractivity contribution in [1.29, 1.82) is 0 Å². The van der Waals surface area contributed by atoms with Crippen LogP contribution < -0.4 is 0 Å². The van der Waals surface area contributed by atoms with Crippen molar-refractivity contribution in [3.8, 4) is 0 Å². The molecule has 1 aromatic heterocycles. The summed E-state index contributed by atoms with van der Waals surface area (Å²) in [6.07, 6.45) is -0.218. The van der Waals surface area contributed by atoms with Crippen molar-refractivity contribution < 1.29 is 22.8 Å². The second-order valence-electron chi connectivity index (χ2n) is 5.54. The summed E-state index contributed by atoms with van der Waals surface area (Å²) in [6.45, 7) is 4.43. The van der Waals surface area contributed by atoms with Gasteiger partial charge in [-0.25, -0.2) is 8.42 Å². The van der Waals surface area contributed by atoms with Gasteiger partial charge in [0.25, 0.3) is 0 Å². The van der Waals surface area contributed by atoms with Gasteiger partial charge in [-0.2, -0.15) is 4.98 Å². The molecule has 1 aliphatic heterocycles. The highest BCUT2D eigenvalue weighted by molar-refractivity contribution is 7.91. The van der Waals surface area contributed by atoms with Crippen molar-refractivity contribution in [3.63, 3.8) is 0 Å². The number of hydrogen-bond acceptors (Lipinski definition) is 7. The number of carboxylic acids is 1. The monoisotopic (exact) mass is 317 g/mol. The number of nitrogens with zero attached hydrogens (tertiary/aromatic N) is 3. The van der Waals surface area contributed by atoms with Gasteiger partial charge in [0.05, 0.1) is 24.5 Å². The van der Waals surface area contributed by atoms with Crippen LogP contribution in [0.4, 0.5) is 0 Å². The third kappa shape index (κ3) is 4.24. The van der Waals surface area contributed by atoms with Crippen LogP contribution in [0, 0.1) is 0 Å². The summed E-state index contributed by atoms with van der Waals surface area (Å²) in [6, 6.07) is -0.560. The fraction of sp³-hybridized carbons (Fsp3) is 0.750. The predicted molar refractivity (Wildman–Crippen MR) is 73.5 cm³/mol. The van der Waals surface area contributed by atoms with Crippen molar-refractivity contribution in [2.75, 3.05) is 18.1 Å². The zero-order valence-corrected chi connectivity index (χ0v) is 12.8. The van der Waals surface area contributed by atoms with Crippen LogP contribution in [-0.4, -0.2) is 58.6 Å². The second kappa shape index (κ2) is 6.10.